The molecule has 2 aromatic rings. The van der Waals surface area contributed by atoms with Gasteiger partial charge in [-0.15, -0.1) is 0 Å². The van der Waals surface area contributed by atoms with Crippen molar-refractivity contribution in [3.05, 3.63) is 65.1 Å². The number of hydrogen-bond acceptors (Lipinski definition) is 4. The lowest BCUT2D eigenvalue weighted by Gasteiger charge is -2.31. The van der Waals surface area contributed by atoms with Gasteiger partial charge in [-0.2, -0.15) is 0 Å². The van der Waals surface area contributed by atoms with Crippen molar-refractivity contribution in [3.8, 4) is 0 Å². The summed E-state index contributed by atoms with van der Waals surface area (Å²) in [6.07, 6.45) is 5.52. The van der Waals surface area contributed by atoms with Crippen molar-refractivity contribution in [2.75, 3.05) is 13.1 Å². The van der Waals surface area contributed by atoms with E-state index in [1.54, 1.807) is 29.2 Å². The van der Waals surface area contributed by atoms with Crippen molar-refractivity contribution in [3.63, 3.8) is 0 Å². The lowest BCUT2D eigenvalue weighted by molar-refractivity contribution is -0.126. The first-order chi connectivity index (χ1) is 12.5. The van der Waals surface area contributed by atoms with Crippen LogP contribution in [0.4, 0.5) is 0 Å². The summed E-state index contributed by atoms with van der Waals surface area (Å²) in [5.41, 5.74) is 0.776. The van der Waals surface area contributed by atoms with Crippen molar-refractivity contribution >= 4 is 33.4 Å². The van der Waals surface area contributed by atoms with E-state index in [4.69, 9.17) is 16.0 Å². The summed E-state index contributed by atoms with van der Waals surface area (Å²) in [6, 6.07) is 10.6. The summed E-state index contributed by atoms with van der Waals surface area (Å²) in [6.45, 7) is 0.849. The third-order valence-corrected chi connectivity index (χ3v) is 7.01. The average Bonchev–Trinajstić information content (AvgIpc) is 3.13. The number of carbonyl (C=O) groups excluding carboxylic acids is 1. The standard InChI is InChI=1S/C19H20ClNO4S/c20-18-6-2-1-4-15(18)7-8-19(22)21-11-9-17(10-12-21)26(23,24)14-16-5-3-13-25-16/h1-8,13,17H,9-12,14H2/b8-7+. The monoisotopic (exact) mass is 393 g/mol. The number of carbonyl (C=O) groups is 1. The van der Waals surface area contributed by atoms with Gasteiger partial charge in [0.25, 0.3) is 0 Å². The van der Waals surface area contributed by atoms with Crippen molar-refractivity contribution < 1.29 is 17.6 Å². The summed E-state index contributed by atoms with van der Waals surface area (Å²) in [5.74, 6) is 0.225. The number of amides is 1. The van der Waals surface area contributed by atoms with Gasteiger partial charge in [-0.25, -0.2) is 8.42 Å². The lowest BCUT2D eigenvalue weighted by atomic mass is 10.1. The van der Waals surface area contributed by atoms with E-state index in [2.05, 4.69) is 0 Å². The molecule has 3 rings (SSSR count). The molecular weight excluding hydrogens is 374 g/mol. The fraction of sp³-hybridized carbons (Fsp3) is 0.316. The minimum atomic E-state index is -3.28. The Morgan fingerprint density at radius 2 is 1.92 bits per heavy atom. The van der Waals surface area contributed by atoms with Crippen LogP contribution in [-0.2, 0) is 20.4 Å². The highest BCUT2D eigenvalue weighted by molar-refractivity contribution is 7.91. The number of nitrogens with zero attached hydrogens (tertiary/aromatic N) is 1. The normalized spacial score (nSPS) is 16.3. The number of rotatable bonds is 5. The summed E-state index contributed by atoms with van der Waals surface area (Å²) in [5, 5.41) is 0.142. The number of piperidine rings is 1. The molecule has 7 heteroatoms. The van der Waals surface area contributed by atoms with Gasteiger partial charge in [0.2, 0.25) is 5.91 Å². The Hall–Kier alpha value is -2.05. The minimum absolute atomic E-state index is 0.0922. The second-order valence-corrected chi connectivity index (χ2v) is 8.95. The van der Waals surface area contributed by atoms with Crippen molar-refractivity contribution in [1.29, 1.82) is 0 Å². The summed E-state index contributed by atoms with van der Waals surface area (Å²) >= 11 is 6.07. The zero-order valence-corrected chi connectivity index (χ0v) is 15.7. The first-order valence-electron chi connectivity index (χ1n) is 8.41. The van der Waals surface area contributed by atoms with Crippen LogP contribution < -0.4 is 0 Å². The maximum absolute atomic E-state index is 12.5. The molecule has 138 valence electrons. The van der Waals surface area contributed by atoms with Crippen LogP contribution in [0.3, 0.4) is 0 Å². The topological polar surface area (TPSA) is 67.6 Å². The number of sulfone groups is 1. The Balaban J connectivity index is 1.56. The smallest absolute Gasteiger partial charge is 0.246 e. The fourth-order valence-electron chi connectivity index (χ4n) is 3.02. The van der Waals surface area contributed by atoms with E-state index in [1.165, 1.54) is 12.3 Å². The molecule has 2 heterocycles. The van der Waals surface area contributed by atoms with Gasteiger partial charge in [0.15, 0.2) is 9.84 Å². The molecule has 1 aliphatic heterocycles. The zero-order valence-electron chi connectivity index (χ0n) is 14.2. The van der Waals surface area contributed by atoms with Gasteiger partial charge in [0, 0.05) is 24.2 Å². The molecule has 0 radical (unpaired) electrons. The maximum atomic E-state index is 12.5. The molecule has 1 aliphatic rings. The fourth-order valence-corrected chi connectivity index (χ4v) is 4.95. The quantitative estimate of drug-likeness (QED) is 0.728. The number of furan rings is 1. The highest BCUT2D eigenvalue weighted by Crippen LogP contribution is 2.22. The van der Waals surface area contributed by atoms with Gasteiger partial charge in [0.05, 0.1) is 11.5 Å². The predicted molar refractivity (Wildman–Crippen MR) is 101 cm³/mol. The molecule has 0 N–H and O–H groups in total. The molecule has 1 amide bonds. The van der Waals surface area contributed by atoms with Crippen molar-refractivity contribution in [2.45, 2.75) is 23.8 Å². The largest absolute Gasteiger partial charge is 0.468 e. The van der Waals surface area contributed by atoms with Gasteiger partial charge in [-0.1, -0.05) is 29.8 Å². The molecule has 0 bridgehead atoms. The molecule has 1 saturated heterocycles. The Morgan fingerprint density at radius 1 is 1.19 bits per heavy atom. The van der Waals surface area contributed by atoms with Crippen LogP contribution in [0.25, 0.3) is 6.08 Å². The lowest BCUT2D eigenvalue weighted by Crippen LogP contribution is -2.42. The van der Waals surface area contributed by atoms with Crippen LogP contribution in [0.2, 0.25) is 5.02 Å². The molecule has 26 heavy (non-hydrogen) atoms. The van der Waals surface area contributed by atoms with Gasteiger partial charge in [0.1, 0.15) is 11.5 Å². The second kappa shape index (κ2) is 8.10. The third-order valence-electron chi connectivity index (χ3n) is 4.50. The van der Waals surface area contributed by atoms with Gasteiger partial charge < -0.3 is 9.32 Å². The summed E-state index contributed by atoms with van der Waals surface area (Å²) in [7, 11) is -3.28. The maximum Gasteiger partial charge on any atom is 0.246 e. The molecule has 0 unspecified atom stereocenters. The van der Waals surface area contributed by atoms with E-state index in [1.807, 2.05) is 18.2 Å². The molecule has 5 nitrogen and oxygen atoms in total. The molecule has 0 spiro atoms. The van der Waals surface area contributed by atoms with Crippen LogP contribution in [0.1, 0.15) is 24.2 Å². The van der Waals surface area contributed by atoms with E-state index in [0.717, 1.165) is 5.56 Å². The number of hydrogen-bond donors (Lipinski definition) is 0. The highest BCUT2D eigenvalue weighted by Gasteiger charge is 2.31. The van der Waals surface area contributed by atoms with Gasteiger partial charge in [-0.3, -0.25) is 4.79 Å². The predicted octanol–water partition coefficient (Wildman–Crippen LogP) is 3.55. The molecule has 0 atom stereocenters. The van der Waals surface area contributed by atoms with Crippen LogP contribution in [0, 0.1) is 0 Å². The molecule has 1 fully saturated rings. The Morgan fingerprint density at radius 3 is 2.58 bits per heavy atom. The van der Waals surface area contributed by atoms with E-state index < -0.39 is 15.1 Å². The highest BCUT2D eigenvalue weighted by atomic mass is 35.5. The Kier molecular flexibility index (Phi) is 5.84. The Bertz CT molecular complexity index is 882. The van der Waals surface area contributed by atoms with Crippen LogP contribution in [0.15, 0.2) is 53.2 Å². The Labute approximate surface area is 158 Å². The molecule has 0 aliphatic carbocycles. The first-order valence-corrected chi connectivity index (χ1v) is 10.5. The van der Waals surface area contributed by atoms with E-state index in [-0.39, 0.29) is 11.7 Å². The average molecular weight is 394 g/mol. The summed E-state index contributed by atoms with van der Waals surface area (Å²) in [4.78, 5) is 14.0. The molecule has 1 aromatic heterocycles. The molecular formula is C19H20ClNO4S. The van der Waals surface area contributed by atoms with E-state index in [9.17, 15) is 13.2 Å². The van der Waals surface area contributed by atoms with Crippen LogP contribution in [-0.4, -0.2) is 37.6 Å². The first kappa shape index (κ1) is 18.7. The van der Waals surface area contributed by atoms with Gasteiger partial charge >= 0.3 is 0 Å². The van der Waals surface area contributed by atoms with E-state index >= 15 is 0 Å². The van der Waals surface area contributed by atoms with Crippen molar-refractivity contribution in [1.82, 2.24) is 4.90 Å². The van der Waals surface area contributed by atoms with E-state index in [0.29, 0.717) is 36.7 Å². The van der Waals surface area contributed by atoms with Crippen LogP contribution >= 0.6 is 11.6 Å². The zero-order chi connectivity index (χ0) is 18.6. The summed E-state index contributed by atoms with van der Waals surface area (Å²) < 4.78 is 30.1. The number of likely N-dealkylation sites (tertiary alicyclic amines) is 1. The minimum Gasteiger partial charge on any atom is -0.468 e. The second-order valence-electron chi connectivity index (χ2n) is 6.27. The molecule has 0 saturated carbocycles. The third kappa shape index (κ3) is 4.56. The van der Waals surface area contributed by atoms with Gasteiger partial charge in [-0.05, 0) is 42.7 Å². The number of halogens is 1. The van der Waals surface area contributed by atoms with Crippen LogP contribution in [0.5, 0.6) is 0 Å². The SMILES string of the molecule is O=C(/C=C/c1ccccc1Cl)N1CCC(S(=O)(=O)Cc2ccco2)CC1. The number of benzene rings is 1. The van der Waals surface area contributed by atoms with Crippen molar-refractivity contribution in [2.24, 2.45) is 0 Å². The molecule has 1 aromatic carbocycles.